The van der Waals surface area contributed by atoms with E-state index in [1.807, 2.05) is 34.4 Å². The number of hydrogen-bond acceptors (Lipinski definition) is 7. The zero-order valence-corrected chi connectivity index (χ0v) is 17.8. The smallest absolute Gasteiger partial charge is 0.253 e. The Hall–Kier alpha value is -2.23. The molecule has 6 nitrogen and oxygen atoms in total. The first-order valence-electron chi connectivity index (χ1n) is 8.77. The molecule has 1 aliphatic heterocycles. The highest BCUT2D eigenvalue weighted by Crippen LogP contribution is 2.36. The Morgan fingerprint density at radius 3 is 2.86 bits per heavy atom. The maximum Gasteiger partial charge on any atom is 0.253 e. The number of amides is 1. The summed E-state index contributed by atoms with van der Waals surface area (Å²) in [5.74, 6) is 1.05. The molecule has 4 heterocycles. The van der Waals surface area contributed by atoms with Gasteiger partial charge < -0.3 is 4.57 Å². The van der Waals surface area contributed by atoms with Gasteiger partial charge in [-0.3, -0.25) is 4.79 Å². The third-order valence-electron chi connectivity index (χ3n) is 4.38. The van der Waals surface area contributed by atoms with Gasteiger partial charge >= 0.3 is 0 Å². The van der Waals surface area contributed by atoms with E-state index in [0.29, 0.717) is 6.54 Å². The van der Waals surface area contributed by atoms with E-state index < -0.39 is 0 Å². The van der Waals surface area contributed by atoms with Gasteiger partial charge in [0.05, 0.1) is 22.4 Å². The van der Waals surface area contributed by atoms with Gasteiger partial charge in [0, 0.05) is 17.8 Å². The van der Waals surface area contributed by atoms with Gasteiger partial charge in [0.1, 0.15) is 5.82 Å². The first kappa shape index (κ1) is 19.1. The van der Waals surface area contributed by atoms with Gasteiger partial charge in [-0.1, -0.05) is 30.0 Å². The summed E-state index contributed by atoms with van der Waals surface area (Å²) in [5, 5.41) is 19.4. The third-order valence-corrected chi connectivity index (χ3v) is 7.23. The fourth-order valence-corrected chi connectivity index (χ4v) is 5.41. The minimum atomic E-state index is -0.0435. The standard InChI is InChI=1S/C19H19N5OS3/c1-3-8-23-13(2)20-21-19(23)28-12-18(25)24-15(17-7-5-10-27-17)11-14(22-24)16-6-4-9-26-16/h3-7,9-10,15H,1,8,11-12H2,2H3. The van der Waals surface area contributed by atoms with Crippen LogP contribution in [0.4, 0.5) is 0 Å². The fraction of sp³-hybridized carbons (Fsp3) is 0.263. The summed E-state index contributed by atoms with van der Waals surface area (Å²) in [4.78, 5) is 15.3. The normalized spacial score (nSPS) is 16.4. The molecular formula is C19H19N5OS3. The Kier molecular flexibility index (Phi) is 5.74. The second-order valence-corrected chi connectivity index (χ2v) is 9.08. The van der Waals surface area contributed by atoms with Gasteiger partial charge in [0.15, 0.2) is 5.16 Å². The molecule has 0 fully saturated rings. The van der Waals surface area contributed by atoms with Crippen molar-refractivity contribution in [3.8, 4) is 0 Å². The Bertz CT molecular complexity index is 991. The SMILES string of the molecule is C=CCn1c(C)nnc1SCC(=O)N1N=C(c2cccs2)CC1c1cccs1. The number of aryl methyl sites for hydroxylation is 1. The lowest BCUT2D eigenvalue weighted by Crippen LogP contribution is -2.28. The lowest BCUT2D eigenvalue weighted by Gasteiger charge is -2.20. The Morgan fingerprint density at radius 2 is 2.14 bits per heavy atom. The van der Waals surface area contributed by atoms with Crippen LogP contribution in [0.25, 0.3) is 0 Å². The highest BCUT2D eigenvalue weighted by Gasteiger charge is 2.34. The number of carbonyl (C=O) groups is 1. The molecule has 144 valence electrons. The number of hydrazone groups is 1. The molecule has 28 heavy (non-hydrogen) atoms. The predicted octanol–water partition coefficient (Wildman–Crippen LogP) is 4.37. The largest absolute Gasteiger partial charge is 0.302 e. The van der Waals surface area contributed by atoms with Crippen LogP contribution in [0.5, 0.6) is 0 Å². The van der Waals surface area contributed by atoms with Crippen LogP contribution in [0.3, 0.4) is 0 Å². The number of thiophene rings is 2. The van der Waals surface area contributed by atoms with Crippen molar-refractivity contribution in [2.45, 2.75) is 31.1 Å². The zero-order chi connectivity index (χ0) is 19.5. The maximum atomic E-state index is 13.0. The Morgan fingerprint density at radius 1 is 1.32 bits per heavy atom. The first-order valence-corrected chi connectivity index (χ1v) is 11.5. The summed E-state index contributed by atoms with van der Waals surface area (Å²) in [7, 11) is 0. The van der Waals surface area contributed by atoms with Gasteiger partial charge in [0.2, 0.25) is 0 Å². The molecule has 4 rings (SSSR count). The molecular weight excluding hydrogens is 410 g/mol. The Balaban J connectivity index is 1.53. The average Bonchev–Trinajstić information content (AvgIpc) is 3.47. The van der Waals surface area contributed by atoms with Gasteiger partial charge in [-0.2, -0.15) is 5.10 Å². The van der Waals surface area contributed by atoms with Crippen LogP contribution in [0, 0.1) is 6.92 Å². The molecule has 0 N–H and O–H groups in total. The maximum absolute atomic E-state index is 13.0. The molecule has 0 spiro atoms. The number of carbonyl (C=O) groups excluding carboxylic acids is 1. The highest BCUT2D eigenvalue weighted by molar-refractivity contribution is 7.99. The molecule has 0 aromatic carbocycles. The van der Waals surface area contributed by atoms with Gasteiger partial charge in [-0.25, -0.2) is 5.01 Å². The summed E-state index contributed by atoms with van der Waals surface area (Å²) < 4.78 is 1.95. The second kappa shape index (κ2) is 8.42. The molecule has 1 aliphatic rings. The van der Waals surface area contributed by atoms with E-state index in [9.17, 15) is 4.79 Å². The summed E-state index contributed by atoms with van der Waals surface area (Å²) in [6.07, 6.45) is 2.54. The number of rotatable bonds is 7. The van der Waals surface area contributed by atoms with Crippen LogP contribution in [-0.4, -0.2) is 37.1 Å². The van der Waals surface area contributed by atoms with Crippen molar-refractivity contribution >= 4 is 46.1 Å². The Labute approximate surface area is 175 Å². The molecule has 9 heteroatoms. The average molecular weight is 430 g/mol. The molecule has 3 aromatic heterocycles. The lowest BCUT2D eigenvalue weighted by molar-refractivity contribution is -0.130. The molecule has 0 radical (unpaired) electrons. The van der Waals surface area contributed by atoms with Crippen LogP contribution in [0.2, 0.25) is 0 Å². The predicted molar refractivity (Wildman–Crippen MR) is 115 cm³/mol. The van der Waals surface area contributed by atoms with Gasteiger partial charge in [-0.05, 0) is 29.8 Å². The van der Waals surface area contributed by atoms with Crippen molar-refractivity contribution in [3.05, 3.63) is 63.3 Å². The van der Waals surface area contributed by atoms with E-state index >= 15 is 0 Å². The van der Waals surface area contributed by atoms with E-state index in [1.165, 1.54) is 11.8 Å². The van der Waals surface area contributed by atoms with Crippen molar-refractivity contribution in [2.75, 3.05) is 5.75 Å². The number of aromatic nitrogens is 3. The van der Waals surface area contributed by atoms with Crippen LogP contribution in [0.15, 0.2) is 57.9 Å². The monoisotopic (exact) mass is 429 g/mol. The molecule has 0 saturated heterocycles. The molecule has 3 aromatic rings. The molecule has 1 unspecified atom stereocenters. The number of allylic oxidation sites excluding steroid dienone is 1. The van der Waals surface area contributed by atoms with Crippen LogP contribution >= 0.6 is 34.4 Å². The van der Waals surface area contributed by atoms with E-state index in [1.54, 1.807) is 33.8 Å². The van der Waals surface area contributed by atoms with Crippen LogP contribution in [0.1, 0.15) is 28.0 Å². The lowest BCUT2D eigenvalue weighted by atomic mass is 10.1. The summed E-state index contributed by atoms with van der Waals surface area (Å²) >= 11 is 4.70. The molecule has 1 amide bonds. The van der Waals surface area contributed by atoms with Crippen molar-refractivity contribution < 1.29 is 4.79 Å². The summed E-state index contributed by atoms with van der Waals surface area (Å²) in [6.45, 7) is 6.29. The van der Waals surface area contributed by atoms with E-state index in [0.717, 1.165) is 32.9 Å². The first-order chi connectivity index (χ1) is 13.7. The van der Waals surface area contributed by atoms with Crippen molar-refractivity contribution in [2.24, 2.45) is 5.10 Å². The number of hydrogen-bond donors (Lipinski definition) is 0. The van der Waals surface area contributed by atoms with Crippen LogP contribution < -0.4 is 0 Å². The van der Waals surface area contributed by atoms with E-state index in [4.69, 9.17) is 0 Å². The summed E-state index contributed by atoms with van der Waals surface area (Å²) in [6, 6.07) is 8.11. The number of nitrogens with zero attached hydrogens (tertiary/aromatic N) is 5. The molecule has 0 saturated carbocycles. The molecule has 0 bridgehead atoms. The van der Waals surface area contributed by atoms with Crippen molar-refractivity contribution in [1.82, 2.24) is 19.8 Å². The quantitative estimate of drug-likeness (QED) is 0.413. The molecule has 1 atom stereocenters. The summed E-state index contributed by atoms with van der Waals surface area (Å²) in [5.41, 5.74) is 0.970. The second-order valence-electron chi connectivity index (χ2n) is 6.22. The van der Waals surface area contributed by atoms with Gasteiger partial charge in [0.25, 0.3) is 5.91 Å². The van der Waals surface area contributed by atoms with E-state index in [-0.39, 0.29) is 17.7 Å². The molecule has 0 aliphatic carbocycles. The zero-order valence-electron chi connectivity index (χ0n) is 15.3. The topological polar surface area (TPSA) is 63.4 Å². The fourth-order valence-electron chi connectivity index (χ4n) is 3.03. The highest BCUT2D eigenvalue weighted by atomic mass is 32.2. The van der Waals surface area contributed by atoms with E-state index in [2.05, 4.69) is 34.0 Å². The van der Waals surface area contributed by atoms with Crippen LogP contribution in [-0.2, 0) is 11.3 Å². The third kappa shape index (κ3) is 3.82. The number of thioether (sulfide) groups is 1. The minimum absolute atomic E-state index is 0.0271. The van der Waals surface area contributed by atoms with Gasteiger partial charge in [-0.15, -0.1) is 39.4 Å². The van der Waals surface area contributed by atoms with Crippen molar-refractivity contribution in [1.29, 1.82) is 0 Å². The van der Waals surface area contributed by atoms with Crippen molar-refractivity contribution in [3.63, 3.8) is 0 Å². The minimum Gasteiger partial charge on any atom is -0.302 e.